The molecule has 0 aliphatic carbocycles. The van der Waals surface area contributed by atoms with E-state index < -0.39 is 11.6 Å². The van der Waals surface area contributed by atoms with Crippen molar-refractivity contribution in [2.24, 2.45) is 0 Å². The van der Waals surface area contributed by atoms with Gasteiger partial charge in [-0.05, 0) is 43.9 Å². The van der Waals surface area contributed by atoms with Crippen LogP contribution in [0.5, 0.6) is 0 Å². The molecule has 1 saturated heterocycles. The Labute approximate surface area is 101 Å². The lowest BCUT2D eigenvalue weighted by atomic mass is 10.0. The molecular formula is C14H19F2N. The van der Waals surface area contributed by atoms with Gasteiger partial charge in [0.05, 0.1) is 0 Å². The van der Waals surface area contributed by atoms with Gasteiger partial charge in [0, 0.05) is 12.1 Å². The molecule has 0 radical (unpaired) electrons. The highest BCUT2D eigenvalue weighted by Crippen LogP contribution is 2.16. The molecule has 0 aromatic heterocycles. The zero-order valence-electron chi connectivity index (χ0n) is 10.0. The predicted octanol–water partition coefficient (Wildman–Crippen LogP) is 3.43. The first-order valence-electron chi connectivity index (χ1n) is 6.43. The van der Waals surface area contributed by atoms with Crippen LogP contribution in [-0.2, 0) is 6.42 Å². The van der Waals surface area contributed by atoms with Crippen molar-refractivity contribution in [2.45, 2.75) is 44.6 Å². The second kappa shape index (κ2) is 6.10. The van der Waals surface area contributed by atoms with Crippen molar-refractivity contribution in [3.05, 3.63) is 35.4 Å². The fraction of sp³-hybridized carbons (Fsp3) is 0.571. The lowest BCUT2D eigenvalue weighted by molar-refractivity contribution is 0.472. The molecule has 0 bridgehead atoms. The second-order valence-corrected chi connectivity index (χ2v) is 4.77. The van der Waals surface area contributed by atoms with Crippen molar-refractivity contribution in [1.29, 1.82) is 0 Å². The van der Waals surface area contributed by atoms with Gasteiger partial charge in [-0.15, -0.1) is 0 Å². The van der Waals surface area contributed by atoms with Crippen LogP contribution in [0.2, 0.25) is 0 Å². The number of hydrogen-bond donors (Lipinski definition) is 1. The minimum Gasteiger partial charge on any atom is -0.314 e. The molecule has 1 aromatic carbocycles. The van der Waals surface area contributed by atoms with Gasteiger partial charge in [-0.3, -0.25) is 0 Å². The summed E-state index contributed by atoms with van der Waals surface area (Å²) in [5.41, 5.74) is 0.623. The van der Waals surface area contributed by atoms with Gasteiger partial charge in [-0.1, -0.05) is 18.9 Å². The molecule has 94 valence electrons. The van der Waals surface area contributed by atoms with Crippen LogP contribution >= 0.6 is 0 Å². The van der Waals surface area contributed by atoms with E-state index in [-0.39, 0.29) is 0 Å². The van der Waals surface area contributed by atoms with Crippen molar-refractivity contribution in [2.75, 3.05) is 6.54 Å². The summed E-state index contributed by atoms with van der Waals surface area (Å²) >= 11 is 0. The quantitative estimate of drug-likeness (QED) is 0.852. The van der Waals surface area contributed by atoms with E-state index in [1.165, 1.54) is 31.7 Å². The van der Waals surface area contributed by atoms with Gasteiger partial charge >= 0.3 is 0 Å². The lowest BCUT2D eigenvalue weighted by Gasteiger charge is -2.15. The molecular weight excluding hydrogens is 220 g/mol. The summed E-state index contributed by atoms with van der Waals surface area (Å²) in [6.07, 6.45) is 6.56. The van der Waals surface area contributed by atoms with Crippen LogP contribution < -0.4 is 5.32 Å². The maximum atomic E-state index is 13.4. The molecule has 1 aliphatic rings. The van der Waals surface area contributed by atoms with E-state index in [1.807, 2.05) is 0 Å². The standard InChI is InChI=1S/C14H19F2N/c15-12-7-5-11(14(16)10-12)6-8-13-4-2-1-3-9-17-13/h5,7,10,13,17H,1-4,6,8-9H2. The van der Waals surface area contributed by atoms with E-state index in [9.17, 15) is 8.78 Å². The Balaban J connectivity index is 1.88. The Bertz CT molecular complexity index is 357. The highest BCUT2D eigenvalue weighted by Gasteiger charge is 2.12. The van der Waals surface area contributed by atoms with Crippen LogP contribution in [0, 0.1) is 11.6 Å². The molecule has 1 nitrogen and oxygen atoms in total. The summed E-state index contributed by atoms with van der Waals surface area (Å²) < 4.78 is 26.2. The SMILES string of the molecule is Fc1ccc(CCC2CCCCCN2)c(F)c1. The van der Waals surface area contributed by atoms with Crippen LogP contribution in [0.3, 0.4) is 0 Å². The van der Waals surface area contributed by atoms with Gasteiger partial charge in [0.15, 0.2) is 0 Å². The molecule has 1 unspecified atom stereocenters. The van der Waals surface area contributed by atoms with Crippen LogP contribution in [-0.4, -0.2) is 12.6 Å². The molecule has 1 atom stereocenters. The van der Waals surface area contributed by atoms with Crippen LogP contribution in [0.4, 0.5) is 8.78 Å². The van der Waals surface area contributed by atoms with Gasteiger partial charge < -0.3 is 5.32 Å². The highest BCUT2D eigenvalue weighted by atomic mass is 19.1. The van der Waals surface area contributed by atoms with E-state index in [1.54, 1.807) is 6.07 Å². The minimum atomic E-state index is -0.501. The molecule has 1 aromatic rings. The maximum absolute atomic E-state index is 13.4. The highest BCUT2D eigenvalue weighted by molar-refractivity contribution is 5.18. The summed E-state index contributed by atoms with van der Waals surface area (Å²) in [7, 11) is 0. The maximum Gasteiger partial charge on any atom is 0.129 e. The van der Waals surface area contributed by atoms with Crippen LogP contribution in [0.25, 0.3) is 0 Å². The molecule has 17 heavy (non-hydrogen) atoms. The molecule has 2 rings (SSSR count). The Kier molecular flexibility index (Phi) is 4.49. The third-order valence-corrected chi connectivity index (χ3v) is 3.44. The number of aryl methyl sites for hydroxylation is 1. The normalized spacial score (nSPS) is 21.2. The molecule has 1 heterocycles. The number of hydrogen-bond acceptors (Lipinski definition) is 1. The van der Waals surface area contributed by atoms with E-state index in [2.05, 4.69) is 5.32 Å². The number of halogens is 2. The first-order valence-corrected chi connectivity index (χ1v) is 6.43. The van der Waals surface area contributed by atoms with Crippen molar-refractivity contribution >= 4 is 0 Å². The fourth-order valence-electron chi connectivity index (χ4n) is 2.40. The van der Waals surface area contributed by atoms with Crippen LogP contribution in [0.1, 0.15) is 37.7 Å². The first kappa shape index (κ1) is 12.5. The summed E-state index contributed by atoms with van der Waals surface area (Å²) in [4.78, 5) is 0. The number of nitrogens with one attached hydrogen (secondary N) is 1. The monoisotopic (exact) mass is 239 g/mol. The largest absolute Gasteiger partial charge is 0.314 e. The summed E-state index contributed by atoms with van der Waals surface area (Å²) in [5.74, 6) is -0.919. The molecule has 0 saturated carbocycles. The van der Waals surface area contributed by atoms with E-state index in [0.29, 0.717) is 18.0 Å². The third-order valence-electron chi connectivity index (χ3n) is 3.44. The van der Waals surface area contributed by atoms with Gasteiger partial charge in [0.1, 0.15) is 11.6 Å². The number of benzene rings is 1. The average molecular weight is 239 g/mol. The zero-order valence-corrected chi connectivity index (χ0v) is 10.0. The number of rotatable bonds is 3. The van der Waals surface area contributed by atoms with Crippen LogP contribution in [0.15, 0.2) is 18.2 Å². The Hall–Kier alpha value is -0.960. The van der Waals surface area contributed by atoms with Gasteiger partial charge in [-0.25, -0.2) is 8.78 Å². The van der Waals surface area contributed by atoms with Crippen molar-refractivity contribution in [3.8, 4) is 0 Å². The van der Waals surface area contributed by atoms with Crippen molar-refractivity contribution in [3.63, 3.8) is 0 Å². The van der Waals surface area contributed by atoms with Gasteiger partial charge in [0.25, 0.3) is 0 Å². The zero-order chi connectivity index (χ0) is 12.1. The topological polar surface area (TPSA) is 12.0 Å². The Morgan fingerprint density at radius 2 is 2.06 bits per heavy atom. The summed E-state index contributed by atoms with van der Waals surface area (Å²) in [6, 6.07) is 4.35. The van der Waals surface area contributed by atoms with Crippen molar-refractivity contribution in [1.82, 2.24) is 5.32 Å². The smallest absolute Gasteiger partial charge is 0.129 e. The summed E-state index contributed by atoms with van der Waals surface area (Å²) in [6.45, 7) is 1.07. The fourth-order valence-corrected chi connectivity index (χ4v) is 2.40. The molecule has 1 fully saturated rings. The molecule has 1 aliphatic heterocycles. The molecule has 1 N–H and O–H groups in total. The van der Waals surface area contributed by atoms with Gasteiger partial charge in [0.2, 0.25) is 0 Å². The first-order chi connectivity index (χ1) is 8.25. The van der Waals surface area contributed by atoms with Gasteiger partial charge in [-0.2, -0.15) is 0 Å². The predicted molar refractivity (Wildman–Crippen MR) is 64.9 cm³/mol. The van der Waals surface area contributed by atoms with E-state index in [4.69, 9.17) is 0 Å². The molecule has 0 amide bonds. The summed E-state index contributed by atoms with van der Waals surface area (Å²) in [5, 5.41) is 3.49. The Morgan fingerprint density at radius 1 is 1.18 bits per heavy atom. The van der Waals surface area contributed by atoms with E-state index >= 15 is 0 Å². The van der Waals surface area contributed by atoms with E-state index in [0.717, 1.165) is 19.0 Å². The minimum absolute atomic E-state index is 0.418. The molecule has 0 spiro atoms. The Morgan fingerprint density at radius 3 is 2.88 bits per heavy atom. The third kappa shape index (κ3) is 3.77. The second-order valence-electron chi connectivity index (χ2n) is 4.77. The lowest BCUT2D eigenvalue weighted by Crippen LogP contribution is -2.28. The average Bonchev–Trinajstić information content (AvgIpc) is 2.56. The van der Waals surface area contributed by atoms with Crippen molar-refractivity contribution < 1.29 is 8.78 Å². The molecule has 3 heteroatoms.